The summed E-state index contributed by atoms with van der Waals surface area (Å²) in [5.41, 5.74) is 3.16. The van der Waals surface area contributed by atoms with E-state index in [1.165, 1.54) is 5.56 Å². The highest BCUT2D eigenvalue weighted by Gasteiger charge is 2.38. The van der Waals surface area contributed by atoms with Gasteiger partial charge in [0.15, 0.2) is 0 Å². The highest BCUT2D eigenvalue weighted by molar-refractivity contribution is 7.86. The largest absolute Gasteiger partial charge is 0.395 e. The van der Waals surface area contributed by atoms with E-state index in [9.17, 15) is 23.1 Å². The Morgan fingerprint density at radius 3 is 1.97 bits per heavy atom. The van der Waals surface area contributed by atoms with Crippen molar-refractivity contribution in [3.05, 3.63) is 90.0 Å². The normalized spacial score (nSPS) is 21.8. The quantitative estimate of drug-likeness (QED) is 0.208. The molecule has 3 aliphatic rings. The maximum Gasteiger partial charge on any atom is 0.297 e. The van der Waals surface area contributed by atoms with Gasteiger partial charge in [0.2, 0.25) is 11.8 Å². The van der Waals surface area contributed by atoms with Gasteiger partial charge in [0.1, 0.15) is 6.23 Å². The Kier molecular flexibility index (Phi) is 18.8. The van der Waals surface area contributed by atoms with Gasteiger partial charge in [-0.25, -0.2) is 0 Å². The monoisotopic (exact) mass is 821 g/mol. The number of likely N-dealkylation sites (N-methyl/N-ethyl adjacent to an activating group) is 1. The first-order valence-electron chi connectivity index (χ1n) is 20.4. The summed E-state index contributed by atoms with van der Waals surface area (Å²) in [5.74, 6) is 0.442. The maximum atomic E-state index is 12.6. The SMILES string of the molecule is CCC(=O)N(CCO)CCN(CC1CCN(C)C1c1cccnc1)C(=O)CC.CCC1N=CCO1.Cc1ccc(S(=O)(=O)OC2CCN(C)C2c2cccnc2)cc1. The van der Waals surface area contributed by atoms with Gasteiger partial charge in [0.25, 0.3) is 10.1 Å². The van der Waals surface area contributed by atoms with Crippen molar-refractivity contribution in [1.29, 1.82) is 0 Å². The van der Waals surface area contributed by atoms with Gasteiger partial charge < -0.3 is 19.6 Å². The molecule has 6 rings (SSSR count). The average molecular weight is 822 g/mol. The summed E-state index contributed by atoms with van der Waals surface area (Å²) in [6, 6.07) is 14.7. The molecule has 1 aromatic carbocycles. The van der Waals surface area contributed by atoms with Crippen LogP contribution in [-0.4, -0.2) is 140 Å². The second-order valence-corrected chi connectivity index (χ2v) is 16.4. The number of aliphatic hydroxyl groups excluding tert-OH is 1. The van der Waals surface area contributed by atoms with Crippen LogP contribution in [0.3, 0.4) is 0 Å². The second kappa shape index (κ2) is 23.5. The lowest BCUT2D eigenvalue weighted by Gasteiger charge is -2.32. The zero-order valence-electron chi connectivity index (χ0n) is 35.0. The number of aryl methyl sites for hydroxylation is 1. The minimum absolute atomic E-state index is 0.00628. The molecule has 0 aliphatic carbocycles. The van der Waals surface area contributed by atoms with Gasteiger partial charge in [0, 0.05) is 82.6 Å². The van der Waals surface area contributed by atoms with Crippen molar-refractivity contribution in [2.75, 3.05) is 66.6 Å². The van der Waals surface area contributed by atoms with E-state index in [2.05, 4.69) is 44.8 Å². The fourth-order valence-corrected chi connectivity index (χ4v) is 8.71. The Labute approximate surface area is 345 Å². The highest BCUT2D eigenvalue weighted by atomic mass is 32.2. The smallest absolute Gasteiger partial charge is 0.297 e. The number of benzene rings is 1. The number of hydrogen-bond donors (Lipinski definition) is 1. The summed E-state index contributed by atoms with van der Waals surface area (Å²) in [4.78, 5) is 45.2. The third kappa shape index (κ3) is 13.5. The summed E-state index contributed by atoms with van der Waals surface area (Å²) >= 11 is 0. The van der Waals surface area contributed by atoms with Gasteiger partial charge >= 0.3 is 0 Å². The van der Waals surface area contributed by atoms with E-state index in [0.717, 1.165) is 37.1 Å². The first-order chi connectivity index (χ1) is 27.9. The van der Waals surface area contributed by atoms with Crippen molar-refractivity contribution >= 4 is 28.1 Å². The Morgan fingerprint density at radius 1 is 0.845 bits per heavy atom. The molecule has 0 saturated carbocycles. The Hall–Kier alpha value is -4.12. The number of rotatable bonds is 15. The summed E-state index contributed by atoms with van der Waals surface area (Å²) in [7, 11) is 0.317. The third-order valence-corrected chi connectivity index (χ3v) is 12.1. The summed E-state index contributed by atoms with van der Waals surface area (Å²) in [5, 5.41) is 9.24. The van der Waals surface area contributed by atoms with Crippen molar-refractivity contribution in [2.45, 2.75) is 89.1 Å². The van der Waals surface area contributed by atoms with Gasteiger partial charge in [-0.1, -0.05) is 50.6 Å². The van der Waals surface area contributed by atoms with Crippen LogP contribution in [0.4, 0.5) is 0 Å². The molecule has 15 heteroatoms. The number of aliphatic hydroxyl groups is 1. The predicted molar refractivity (Wildman–Crippen MR) is 225 cm³/mol. The molecule has 14 nitrogen and oxygen atoms in total. The number of carbonyl (C=O) groups excluding carboxylic acids is 2. The number of pyridine rings is 2. The molecule has 3 aliphatic heterocycles. The number of nitrogens with zero attached hydrogens (tertiary/aromatic N) is 7. The Balaban J connectivity index is 0.000000222. The van der Waals surface area contributed by atoms with E-state index in [0.29, 0.717) is 58.0 Å². The van der Waals surface area contributed by atoms with Gasteiger partial charge in [-0.05, 0) is 88.1 Å². The van der Waals surface area contributed by atoms with Gasteiger partial charge in [-0.3, -0.25) is 38.5 Å². The molecule has 1 N–H and O–H groups in total. The van der Waals surface area contributed by atoms with E-state index >= 15 is 0 Å². The topological polar surface area (TPSA) is 158 Å². The number of aromatic nitrogens is 2. The van der Waals surface area contributed by atoms with Crippen LogP contribution < -0.4 is 0 Å². The van der Waals surface area contributed by atoms with Crippen LogP contribution >= 0.6 is 0 Å². The van der Waals surface area contributed by atoms with Gasteiger partial charge in [-0.15, -0.1) is 0 Å². The molecule has 5 unspecified atom stereocenters. The van der Waals surface area contributed by atoms with Crippen molar-refractivity contribution < 1.29 is 32.0 Å². The fraction of sp³-hybridized carbons (Fsp3) is 0.558. The fourth-order valence-electron chi connectivity index (χ4n) is 7.60. The van der Waals surface area contributed by atoms with Crippen LogP contribution in [0.1, 0.15) is 81.6 Å². The molecule has 2 amide bonds. The number of ether oxygens (including phenoxy) is 1. The van der Waals surface area contributed by atoms with Crippen LogP contribution in [0, 0.1) is 12.8 Å². The van der Waals surface area contributed by atoms with E-state index in [4.69, 9.17) is 8.92 Å². The van der Waals surface area contributed by atoms with Crippen LogP contribution in [0.5, 0.6) is 0 Å². The summed E-state index contributed by atoms with van der Waals surface area (Å²) in [6.45, 7) is 12.0. The maximum absolute atomic E-state index is 12.6. The molecule has 0 radical (unpaired) electrons. The molecule has 3 aromatic rings. The molecule has 2 saturated heterocycles. The molecular formula is C43H63N7O7S. The molecule has 2 fully saturated rings. The number of likely N-dealkylation sites (tertiary alicyclic amines) is 2. The third-order valence-electron chi connectivity index (χ3n) is 10.7. The molecule has 0 bridgehead atoms. The molecular weight excluding hydrogens is 759 g/mol. The average Bonchev–Trinajstić information content (AvgIpc) is 3.99. The van der Waals surface area contributed by atoms with Crippen LogP contribution in [-0.2, 0) is 28.6 Å². The second-order valence-electron chi connectivity index (χ2n) is 14.8. The number of amides is 2. The minimum atomic E-state index is -3.77. The highest BCUT2D eigenvalue weighted by Crippen LogP contribution is 2.37. The predicted octanol–water partition coefficient (Wildman–Crippen LogP) is 4.91. The lowest BCUT2D eigenvalue weighted by molar-refractivity contribution is -0.135. The van der Waals surface area contributed by atoms with E-state index < -0.39 is 16.2 Å². The van der Waals surface area contributed by atoms with Crippen molar-refractivity contribution in [3.63, 3.8) is 0 Å². The van der Waals surface area contributed by atoms with Crippen LogP contribution in [0.2, 0.25) is 0 Å². The zero-order chi connectivity index (χ0) is 42.1. The van der Waals surface area contributed by atoms with E-state index in [-0.39, 0.29) is 41.6 Å². The van der Waals surface area contributed by atoms with E-state index in [1.54, 1.807) is 47.8 Å². The lowest BCUT2D eigenvalue weighted by atomic mass is 9.94. The molecule has 58 heavy (non-hydrogen) atoms. The molecule has 5 atom stereocenters. The van der Waals surface area contributed by atoms with Gasteiger partial charge in [0.05, 0.1) is 30.3 Å². The van der Waals surface area contributed by atoms with Crippen molar-refractivity contribution in [1.82, 2.24) is 29.6 Å². The van der Waals surface area contributed by atoms with Crippen LogP contribution in [0.25, 0.3) is 0 Å². The molecule has 2 aromatic heterocycles. The molecule has 0 spiro atoms. The minimum Gasteiger partial charge on any atom is -0.395 e. The van der Waals surface area contributed by atoms with Crippen molar-refractivity contribution in [3.8, 4) is 0 Å². The summed E-state index contributed by atoms with van der Waals surface area (Å²) in [6.07, 6.45) is 12.3. The number of aliphatic imine (C=N–C) groups is 1. The van der Waals surface area contributed by atoms with E-state index in [1.807, 2.05) is 63.3 Å². The lowest BCUT2D eigenvalue weighted by Crippen LogP contribution is -2.44. The standard InChI is InChI=1S/C21H34N4O3.C17H20N2O3S.C5H9NO/c1-4-19(27)24(13-14-26)11-12-25(20(28)5-2)16-18-8-10-23(3)21(18)17-7-6-9-22-15-17;1-13-5-7-15(8-6-13)23(20,21)22-16-9-11-19(2)17(16)14-4-3-10-18-12-14;1-2-5-6-3-4-7-5/h6-7,9,15,18,21,26H,4-5,8,10-14,16H2,1-3H3;3-8,10,12,16-17H,9,11H2,1-2H3;3,5H,2,4H2,1H3. The zero-order valence-corrected chi connectivity index (χ0v) is 35.8. The molecule has 318 valence electrons. The Bertz CT molecular complexity index is 1820. The number of carbonyl (C=O) groups is 2. The Morgan fingerprint density at radius 2 is 1.43 bits per heavy atom. The van der Waals surface area contributed by atoms with Crippen LogP contribution in [0.15, 0.2) is 83.2 Å². The van der Waals surface area contributed by atoms with Crippen molar-refractivity contribution in [2.24, 2.45) is 10.9 Å². The summed E-state index contributed by atoms with van der Waals surface area (Å²) < 4.78 is 35.7. The first kappa shape index (κ1) is 46.6. The first-order valence-corrected chi connectivity index (χ1v) is 21.8. The van der Waals surface area contributed by atoms with Gasteiger partial charge in [-0.2, -0.15) is 8.42 Å². The molecule has 5 heterocycles. The number of hydrogen-bond acceptors (Lipinski definition) is 12.